The van der Waals surface area contributed by atoms with Gasteiger partial charge < -0.3 is 9.88 Å². The van der Waals surface area contributed by atoms with E-state index in [4.69, 9.17) is 0 Å². The molecule has 0 aliphatic rings. The molecule has 0 spiro atoms. The maximum absolute atomic E-state index is 12.0. The normalized spacial score (nSPS) is 11.0. The van der Waals surface area contributed by atoms with Gasteiger partial charge in [-0.05, 0) is 62.6 Å². The number of hydrogen-bond acceptors (Lipinski definition) is 2. The number of benzene rings is 2. The van der Waals surface area contributed by atoms with Gasteiger partial charge in [-0.1, -0.05) is 37.3 Å². The van der Waals surface area contributed by atoms with Gasteiger partial charge in [0.05, 0.1) is 6.21 Å². The predicted octanol–water partition coefficient (Wildman–Crippen LogP) is 5.12. The first-order valence-corrected chi connectivity index (χ1v) is 9.43. The third-order valence-corrected chi connectivity index (χ3v) is 4.73. The Bertz CT molecular complexity index is 1020. The number of anilines is 1. The largest absolute Gasteiger partial charge is 0.339 e. The minimum absolute atomic E-state index is 0.369. The van der Waals surface area contributed by atoms with Crippen molar-refractivity contribution in [1.29, 1.82) is 0 Å². The van der Waals surface area contributed by atoms with Gasteiger partial charge in [0.15, 0.2) is 0 Å². The summed E-state index contributed by atoms with van der Waals surface area (Å²) < 4.78 is 2.23. The molecule has 2 N–H and O–H groups in total. The molecule has 0 radical (unpaired) electrons. The molecule has 2 amide bonds. The van der Waals surface area contributed by atoms with E-state index in [9.17, 15) is 4.79 Å². The van der Waals surface area contributed by atoms with E-state index in [0.29, 0.717) is 0 Å². The number of nitrogens with one attached hydrogen (secondary N) is 2. The van der Waals surface area contributed by atoms with Gasteiger partial charge in [0, 0.05) is 28.3 Å². The Morgan fingerprint density at radius 2 is 1.86 bits per heavy atom. The van der Waals surface area contributed by atoms with Crippen LogP contribution in [0.3, 0.4) is 0 Å². The average molecular weight is 374 g/mol. The van der Waals surface area contributed by atoms with Crippen LogP contribution in [0.4, 0.5) is 10.5 Å². The number of carbonyl (C=O) groups excluding carboxylic acids is 1. The number of hydrazone groups is 1. The molecule has 3 rings (SSSR count). The van der Waals surface area contributed by atoms with Crippen molar-refractivity contribution in [2.75, 3.05) is 5.32 Å². The molecule has 3 aromatic rings. The van der Waals surface area contributed by atoms with Crippen LogP contribution in [0.25, 0.3) is 5.69 Å². The Morgan fingerprint density at radius 1 is 1.07 bits per heavy atom. The molecular formula is C23H26N4O. The van der Waals surface area contributed by atoms with Gasteiger partial charge in [0.1, 0.15) is 0 Å². The number of urea groups is 1. The van der Waals surface area contributed by atoms with Gasteiger partial charge in [-0.3, -0.25) is 0 Å². The minimum atomic E-state index is -0.369. The van der Waals surface area contributed by atoms with Crippen molar-refractivity contribution >= 4 is 17.9 Å². The summed E-state index contributed by atoms with van der Waals surface area (Å²) in [6.45, 7) is 8.28. The summed E-state index contributed by atoms with van der Waals surface area (Å²) in [7, 11) is 0. The fraction of sp³-hybridized carbons (Fsp3) is 0.217. The Hall–Kier alpha value is -3.34. The number of aromatic nitrogens is 1. The molecule has 28 heavy (non-hydrogen) atoms. The van der Waals surface area contributed by atoms with Crippen LogP contribution in [0.15, 0.2) is 59.7 Å². The summed E-state index contributed by atoms with van der Waals surface area (Å²) in [6, 6.07) is 17.7. The van der Waals surface area contributed by atoms with Crippen LogP contribution in [0.2, 0.25) is 0 Å². The lowest BCUT2D eigenvalue weighted by molar-refractivity contribution is 0.252. The second-order valence-corrected chi connectivity index (χ2v) is 6.84. The summed E-state index contributed by atoms with van der Waals surface area (Å²) in [5, 5.41) is 6.88. The van der Waals surface area contributed by atoms with E-state index in [1.54, 1.807) is 6.21 Å². The molecule has 0 fully saturated rings. The molecule has 0 bridgehead atoms. The molecule has 1 heterocycles. The number of nitrogens with zero attached hydrogens (tertiary/aromatic N) is 2. The lowest BCUT2D eigenvalue weighted by Gasteiger charge is -2.13. The second-order valence-electron chi connectivity index (χ2n) is 6.84. The first kappa shape index (κ1) is 19.4. The standard InChI is InChI=1S/C23H26N4O/c1-5-19-10-6-7-12-22(19)27-17(3)14-20(18(27)4)15-24-26-23(28)25-21-11-8-9-16(2)13-21/h6-15H,5H2,1-4H3,(H2,25,26,28)/b24-15+. The summed E-state index contributed by atoms with van der Waals surface area (Å²) in [5.74, 6) is 0. The van der Waals surface area contributed by atoms with E-state index in [2.05, 4.69) is 71.5 Å². The van der Waals surface area contributed by atoms with Crippen LogP contribution in [0, 0.1) is 20.8 Å². The molecule has 5 nitrogen and oxygen atoms in total. The molecule has 1 aromatic heterocycles. The average Bonchev–Trinajstić information content (AvgIpc) is 2.95. The van der Waals surface area contributed by atoms with Crippen molar-refractivity contribution in [2.24, 2.45) is 5.10 Å². The molecule has 0 saturated heterocycles. The van der Waals surface area contributed by atoms with E-state index in [1.807, 2.05) is 31.2 Å². The van der Waals surface area contributed by atoms with Crippen LogP contribution in [-0.4, -0.2) is 16.8 Å². The fourth-order valence-corrected chi connectivity index (χ4v) is 3.36. The summed E-state index contributed by atoms with van der Waals surface area (Å²) in [5.41, 5.74) is 10.0. The second kappa shape index (κ2) is 8.57. The van der Waals surface area contributed by atoms with E-state index in [-0.39, 0.29) is 6.03 Å². The zero-order valence-electron chi connectivity index (χ0n) is 16.8. The van der Waals surface area contributed by atoms with Crippen molar-refractivity contribution in [3.63, 3.8) is 0 Å². The summed E-state index contributed by atoms with van der Waals surface area (Å²) in [4.78, 5) is 12.0. The highest BCUT2D eigenvalue weighted by molar-refractivity contribution is 5.90. The number of rotatable bonds is 5. The molecule has 5 heteroatoms. The van der Waals surface area contributed by atoms with Crippen molar-refractivity contribution in [1.82, 2.24) is 9.99 Å². The highest BCUT2D eigenvalue weighted by atomic mass is 16.2. The fourth-order valence-electron chi connectivity index (χ4n) is 3.36. The summed E-state index contributed by atoms with van der Waals surface area (Å²) >= 11 is 0. The van der Waals surface area contributed by atoms with Crippen molar-refractivity contribution in [2.45, 2.75) is 34.1 Å². The molecule has 144 valence electrons. The molecule has 0 aliphatic carbocycles. The highest BCUT2D eigenvalue weighted by Gasteiger charge is 2.11. The van der Waals surface area contributed by atoms with Gasteiger partial charge in [-0.25, -0.2) is 10.2 Å². The third kappa shape index (κ3) is 4.31. The van der Waals surface area contributed by atoms with Crippen molar-refractivity contribution < 1.29 is 4.79 Å². The first-order chi connectivity index (χ1) is 13.5. The maximum Gasteiger partial charge on any atom is 0.339 e. The Kier molecular flexibility index (Phi) is 5.94. The van der Waals surface area contributed by atoms with E-state index >= 15 is 0 Å². The third-order valence-electron chi connectivity index (χ3n) is 4.73. The molecule has 0 saturated carbocycles. The van der Waals surface area contributed by atoms with Crippen LogP contribution in [0.5, 0.6) is 0 Å². The number of para-hydroxylation sites is 1. The Labute approximate surface area is 166 Å². The number of aryl methyl sites for hydroxylation is 3. The van der Waals surface area contributed by atoms with Gasteiger partial charge in [-0.2, -0.15) is 5.10 Å². The van der Waals surface area contributed by atoms with Crippen LogP contribution in [-0.2, 0) is 6.42 Å². The first-order valence-electron chi connectivity index (χ1n) is 9.43. The van der Waals surface area contributed by atoms with E-state index < -0.39 is 0 Å². The minimum Gasteiger partial charge on any atom is -0.318 e. The lowest BCUT2D eigenvalue weighted by Crippen LogP contribution is -2.24. The highest BCUT2D eigenvalue weighted by Crippen LogP contribution is 2.23. The van der Waals surface area contributed by atoms with Gasteiger partial charge in [-0.15, -0.1) is 0 Å². The smallest absolute Gasteiger partial charge is 0.318 e. The van der Waals surface area contributed by atoms with Gasteiger partial charge in [0.2, 0.25) is 0 Å². The number of amides is 2. The quantitative estimate of drug-likeness (QED) is 0.472. The van der Waals surface area contributed by atoms with E-state index in [1.165, 1.54) is 11.3 Å². The van der Waals surface area contributed by atoms with Gasteiger partial charge in [0.25, 0.3) is 0 Å². The monoisotopic (exact) mass is 374 g/mol. The Morgan fingerprint density at radius 3 is 2.61 bits per heavy atom. The lowest BCUT2D eigenvalue weighted by atomic mass is 10.1. The SMILES string of the molecule is CCc1ccccc1-n1c(C)cc(/C=N/NC(=O)Nc2cccc(C)c2)c1C. The molecule has 0 aliphatic heterocycles. The number of carbonyl (C=O) groups is 1. The van der Waals surface area contributed by atoms with Crippen molar-refractivity contribution in [3.05, 3.63) is 82.7 Å². The number of hydrogen-bond donors (Lipinski definition) is 2. The van der Waals surface area contributed by atoms with Gasteiger partial charge >= 0.3 is 6.03 Å². The van der Waals surface area contributed by atoms with Crippen LogP contribution >= 0.6 is 0 Å². The van der Waals surface area contributed by atoms with E-state index in [0.717, 1.165) is 34.6 Å². The van der Waals surface area contributed by atoms with Crippen LogP contribution < -0.4 is 10.7 Å². The predicted molar refractivity (Wildman–Crippen MR) is 116 cm³/mol. The molecule has 2 aromatic carbocycles. The van der Waals surface area contributed by atoms with Crippen molar-refractivity contribution in [3.8, 4) is 5.69 Å². The Balaban J connectivity index is 1.74. The zero-order valence-corrected chi connectivity index (χ0v) is 16.8. The molecular weight excluding hydrogens is 348 g/mol. The molecule has 0 unspecified atom stereocenters. The maximum atomic E-state index is 12.0. The zero-order chi connectivity index (χ0) is 20.1. The topological polar surface area (TPSA) is 58.4 Å². The molecule has 0 atom stereocenters. The summed E-state index contributed by atoms with van der Waals surface area (Å²) in [6.07, 6.45) is 2.65. The van der Waals surface area contributed by atoms with Crippen LogP contribution in [0.1, 0.15) is 35.0 Å².